The van der Waals surface area contributed by atoms with Gasteiger partial charge in [0.1, 0.15) is 12.9 Å². The fourth-order valence-corrected chi connectivity index (χ4v) is 3.21. The van der Waals surface area contributed by atoms with Crippen molar-refractivity contribution in [2.75, 3.05) is 13.1 Å². The molecule has 0 spiro atoms. The third-order valence-corrected chi connectivity index (χ3v) is 4.67. The van der Waals surface area contributed by atoms with Gasteiger partial charge in [-0.3, -0.25) is 0 Å². The third-order valence-electron chi connectivity index (χ3n) is 4.67. The molecule has 1 heterocycles. The van der Waals surface area contributed by atoms with Crippen LogP contribution >= 0.6 is 0 Å². The maximum absolute atomic E-state index is 12.3. The SMILES string of the molecule is CC[C@]1(CCC=O)CCCN(C(=O)OCc2ccccc2)C1. The lowest BCUT2D eigenvalue weighted by Crippen LogP contribution is -2.46. The number of carbonyl (C=O) groups excluding carboxylic acids is 2. The number of piperidine rings is 1. The largest absolute Gasteiger partial charge is 0.445 e. The number of amides is 1. The zero-order valence-electron chi connectivity index (χ0n) is 13.3. The van der Waals surface area contributed by atoms with E-state index < -0.39 is 0 Å². The molecular weight excluding hydrogens is 278 g/mol. The highest BCUT2D eigenvalue weighted by Crippen LogP contribution is 2.37. The molecule has 1 amide bonds. The van der Waals surface area contributed by atoms with Crippen molar-refractivity contribution in [3.8, 4) is 0 Å². The van der Waals surface area contributed by atoms with Gasteiger partial charge in [-0.05, 0) is 36.7 Å². The molecule has 1 saturated heterocycles. The summed E-state index contributed by atoms with van der Waals surface area (Å²) in [6, 6.07) is 9.71. The lowest BCUT2D eigenvalue weighted by atomic mass is 9.74. The van der Waals surface area contributed by atoms with Gasteiger partial charge in [-0.15, -0.1) is 0 Å². The first kappa shape index (κ1) is 16.5. The fourth-order valence-electron chi connectivity index (χ4n) is 3.21. The fraction of sp³-hybridized carbons (Fsp3) is 0.556. The summed E-state index contributed by atoms with van der Waals surface area (Å²) in [5.41, 5.74) is 1.07. The van der Waals surface area contributed by atoms with Crippen LogP contribution in [0, 0.1) is 5.41 Å². The highest BCUT2D eigenvalue weighted by molar-refractivity contribution is 5.67. The Kier molecular flexibility index (Phi) is 5.99. The van der Waals surface area contributed by atoms with E-state index in [0.29, 0.717) is 19.6 Å². The number of likely N-dealkylation sites (tertiary alicyclic amines) is 1. The summed E-state index contributed by atoms with van der Waals surface area (Å²) in [4.78, 5) is 24.8. The van der Waals surface area contributed by atoms with Crippen LogP contribution in [0.4, 0.5) is 4.79 Å². The van der Waals surface area contributed by atoms with Crippen LogP contribution in [-0.2, 0) is 16.1 Å². The van der Waals surface area contributed by atoms with E-state index in [2.05, 4.69) is 6.92 Å². The maximum Gasteiger partial charge on any atom is 0.410 e. The van der Waals surface area contributed by atoms with Crippen LogP contribution in [0.25, 0.3) is 0 Å². The van der Waals surface area contributed by atoms with Crippen LogP contribution in [0.1, 0.15) is 44.6 Å². The average molecular weight is 303 g/mol. The van der Waals surface area contributed by atoms with E-state index in [4.69, 9.17) is 4.74 Å². The Morgan fingerprint density at radius 3 is 2.82 bits per heavy atom. The molecule has 1 aliphatic heterocycles. The van der Waals surface area contributed by atoms with Crippen molar-refractivity contribution in [3.63, 3.8) is 0 Å². The molecule has 120 valence electrons. The normalized spacial score (nSPS) is 21.4. The van der Waals surface area contributed by atoms with Crippen LogP contribution in [0.5, 0.6) is 0 Å². The topological polar surface area (TPSA) is 46.6 Å². The molecule has 1 atom stereocenters. The molecule has 0 bridgehead atoms. The Hall–Kier alpha value is -1.84. The highest BCUT2D eigenvalue weighted by atomic mass is 16.6. The van der Waals surface area contributed by atoms with E-state index in [0.717, 1.165) is 44.1 Å². The zero-order valence-corrected chi connectivity index (χ0v) is 13.3. The summed E-state index contributed by atoms with van der Waals surface area (Å²) in [5, 5.41) is 0. The molecular formula is C18H25NO3. The van der Waals surface area contributed by atoms with Gasteiger partial charge in [0, 0.05) is 19.5 Å². The number of ether oxygens (including phenoxy) is 1. The molecule has 0 radical (unpaired) electrons. The monoisotopic (exact) mass is 303 g/mol. The van der Waals surface area contributed by atoms with Gasteiger partial charge in [0.25, 0.3) is 0 Å². The van der Waals surface area contributed by atoms with Gasteiger partial charge in [-0.1, -0.05) is 37.3 Å². The van der Waals surface area contributed by atoms with E-state index in [-0.39, 0.29) is 11.5 Å². The number of rotatable bonds is 6. The van der Waals surface area contributed by atoms with Crippen molar-refractivity contribution in [2.45, 2.75) is 45.6 Å². The predicted molar refractivity (Wildman–Crippen MR) is 85.5 cm³/mol. The number of nitrogens with zero attached hydrogens (tertiary/aromatic N) is 1. The number of aldehydes is 1. The average Bonchev–Trinajstić information content (AvgIpc) is 2.59. The Balaban J connectivity index is 1.90. The molecule has 0 saturated carbocycles. The summed E-state index contributed by atoms with van der Waals surface area (Å²) in [5.74, 6) is 0. The highest BCUT2D eigenvalue weighted by Gasteiger charge is 2.35. The second-order valence-corrected chi connectivity index (χ2v) is 6.12. The molecule has 4 heteroatoms. The van der Waals surface area contributed by atoms with Crippen LogP contribution < -0.4 is 0 Å². The summed E-state index contributed by atoms with van der Waals surface area (Å²) in [7, 11) is 0. The minimum absolute atomic E-state index is 0.0743. The molecule has 22 heavy (non-hydrogen) atoms. The quantitative estimate of drug-likeness (QED) is 0.751. The van der Waals surface area contributed by atoms with Crippen molar-refractivity contribution in [2.24, 2.45) is 5.41 Å². The number of carbonyl (C=O) groups is 2. The minimum atomic E-state index is -0.243. The first-order valence-corrected chi connectivity index (χ1v) is 8.08. The van der Waals surface area contributed by atoms with Crippen LogP contribution in [0.3, 0.4) is 0 Å². The molecule has 0 unspecified atom stereocenters. The van der Waals surface area contributed by atoms with Gasteiger partial charge in [0.15, 0.2) is 0 Å². The first-order chi connectivity index (χ1) is 10.7. The summed E-state index contributed by atoms with van der Waals surface area (Å²) < 4.78 is 5.43. The first-order valence-electron chi connectivity index (χ1n) is 8.08. The van der Waals surface area contributed by atoms with Crippen molar-refractivity contribution in [3.05, 3.63) is 35.9 Å². The van der Waals surface area contributed by atoms with Crippen LogP contribution in [0.15, 0.2) is 30.3 Å². The molecule has 0 aromatic heterocycles. The van der Waals surface area contributed by atoms with E-state index >= 15 is 0 Å². The Morgan fingerprint density at radius 1 is 1.36 bits per heavy atom. The molecule has 1 aromatic carbocycles. The number of hydrogen-bond acceptors (Lipinski definition) is 3. The second-order valence-electron chi connectivity index (χ2n) is 6.12. The second kappa shape index (κ2) is 7.97. The smallest absolute Gasteiger partial charge is 0.410 e. The third kappa shape index (κ3) is 4.33. The van der Waals surface area contributed by atoms with Gasteiger partial charge in [-0.25, -0.2) is 4.79 Å². The van der Waals surface area contributed by atoms with Gasteiger partial charge < -0.3 is 14.4 Å². The standard InChI is InChI=1S/C18H25NO3/c1-2-18(11-7-13-20)10-6-12-19(15-18)17(21)22-14-16-8-4-3-5-9-16/h3-5,8-9,13H,2,6-7,10-12,14-15H2,1H3/t18-/m1/s1. The van der Waals surface area contributed by atoms with E-state index in [1.807, 2.05) is 30.3 Å². The molecule has 4 nitrogen and oxygen atoms in total. The van der Waals surface area contributed by atoms with E-state index in [1.165, 1.54) is 0 Å². The predicted octanol–water partition coefficient (Wildman–Crippen LogP) is 3.79. The molecule has 1 fully saturated rings. The minimum Gasteiger partial charge on any atom is -0.445 e. The van der Waals surface area contributed by atoms with E-state index in [1.54, 1.807) is 4.90 Å². The van der Waals surface area contributed by atoms with E-state index in [9.17, 15) is 9.59 Å². The summed E-state index contributed by atoms with van der Waals surface area (Å²) >= 11 is 0. The van der Waals surface area contributed by atoms with Crippen molar-refractivity contribution in [1.82, 2.24) is 4.90 Å². The lowest BCUT2D eigenvalue weighted by molar-refractivity contribution is -0.108. The number of benzene rings is 1. The van der Waals surface area contributed by atoms with Gasteiger partial charge in [-0.2, -0.15) is 0 Å². The Bertz CT molecular complexity index is 488. The van der Waals surface area contributed by atoms with Crippen molar-refractivity contribution < 1.29 is 14.3 Å². The molecule has 1 aliphatic rings. The van der Waals surface area contributed by atoms with Gasteiger partial charge in [0.2, 0.25) is 0 Å². The molecule has 2 rings (SSSR count). The van der Waals surface area contributed by atoms with Crippen molar-refractivity contribution >= 4 is 12.4 Å². The molecule has 0 N–H and O–H groups in total. The van der Waals surface area contributed by atoms with Crippen LogP contribution in [-0.4, -0.2) is 30.4 Å². The lowest BCUT2D eigenvalue weighted by Gasteiger charge is -2.41. The molecule has 0 aliphatic carbocycles. The van der Waals surface area contributed by atoms with Crippen LogP contribution in [0.2, 0.25) is 0 Å². The summed E-state index contributed by atoms with van der Waals surface area (Å²) in [6.45, 7) is 3.90. The number of hydrogen-bond donors (Lipinski definition) is 0. The Labute approximate surface area is 132 Å². The summed E-state index contributed by atoms with van der Waals surface area (Å²) in [6.07, 6.45) is 5.21. The van der Waals surface area contributed by atoms with Gasteiger partial charge in [0.05, 0.1) is 0 Å². The maximum atomic E-state index is 12.3. The Morgan fingerprint density at radius 2 is 2.14 bits per heavy atom. The van der Waals surface area contributed by atoms with Crippen molar-refractivity contribution in [1.29, 1.82) is 0 Å². The van der Waals surface area contributed by atoms with Gasteiger partial charge >= 0.3 is 6.09 Å². The zero-order chi connectivity index (χ0) is 15.8. The molecule has 1 aromatic rings.